The lowest BCUT2D eigenvalue weighted by molar-refractivity contribution is -0.122. The normalized spacial score (nSPS) is 20.8. The summed E-state index contributed by atoms with van der Waals surface area (Å²) in [7, 11) is 0. The number of nitrogens with two attached hydrogens (primary N) is 1. The average molecular weight is 284 g/mol. The van der Waals surface area contributed by atoms with Crippen LogP contribution in [0.2, 0.25) is 0 Å². The molecule has 0 aromatic carbocycles. The number of carbonyl (C=O) groups is 1. The van der Waals surface area contributed by atoms with Gasteiger partial charge in [-0.1, -0.05) is 0 Å². The maximum atomic E-state index is 11.2. The summed E-state index contributed by atoms with van der Waals surface area (Å²) in [5.74, 6) is 0.632. The number of aromatic nitrogens is 1. The predicted molar refractivity (Wildman–Crippen MR) is 66.1 cm³/mol. The molecule has 16 heavy (non-hydrogen) atoms. The van der Waals surface area contributed by atoms with Crippen molar-refractivity contribution in [3.63, 3.8) is 0 Å². The second-order valence-electron chi connectivity index (χ2n) is 4.00. The number of halogens is 1. The predicted octanol–water partition coefficient (Wildman–Crippen LogP) is 1.55. The number of primary amides is 1. The van der Waals surface area contributed by atoms with E-state index in [9.17, 15) is 4.79 Å². The van der Waals surface area contributed by atoms with Crippen LogP contribution in [-0.4, -0.2) is 24.0 Å². The van der Waals surface area contributed by atoms with Crippen molar-refractivity contribution in [1.29, 1.82) is 0 Å². The smallest absolute Gasteiger partial charge is 0.222 e. The van der Waals surface area contributed by atoms with Crippen molar-refractivity contribution in [3.8, 4) is 0 Å². The molecule has 1 atom stereocenters. The summed E-state index contributed by atoms with van der Waals surface area (Å²) >= 11 is 3.47. The molecule has 1 fully saturated rings. The van der Waals surface area contributed by atoms with Gasteiger partial charge in [0.05, 0.1) is 10.4 Å². The van der Waals surface area contributed by atoms with E-state index >= 15 is 0 Å². The zero-order chi connectivity index (χ0) is 11.5. The average Bonchev–Trinajstić information content (AvgIpc) is 2.30. The van der Waals surface area contributed by atoms with Crippen LogP contribution in [-0.2, 0) is 4.79 Å². The second-order valence-corrected chi connectivity index (χ2v) is 4.85. The van der Waals surface area contributed by atoms with Crippen LogP contribution in [0.1, 0.15) is 12.8 Å². The zero-order valence-corrected chi connectivity index (χ0v) is 10.5. The molecular weight excluding hydrogens is 270 g/mol. The SMILES string of the molecule is NC(=O)C1CCCN(c2ncccc2Br)C1. The van der Waals surface area contributed by atoms with Crippen molar-refractivity contribution in [2.24, 2.45) is 11.7 Å². The van der Waals surface area contributed by atoms with E-state index in [1.54, 1.807) is 6.20 Å². The van der Waals surface area contributed by atoms with E-state index in [2.05, 4.69) is 25.8 Å². The van der Waals surface area contributed by atoms with Crippen LogP contribution in [0, 0.1) is 5.92 Å². The molecule has 0 bridgehead atoms. The largest absolute Gasteiger partial charge is 0.369 e. The van der Waals surface area contributed by atoms with E-state index in [-0.39, 0.29) is 11.8 Å². The van der Waals surface area contributed by atoms with Crippen LogP contribution in [0.4, 0.5) is 5.82 Å². The number of nitrogens with zero attached hydrogens (tertiary/aromatic N) is 2. The van der Waals surface area contributed by atoms with E-state index in [1.807, 2.05) is 12.1 Å². The van der Waals surface area contributed by atoms with Gasteiger partial charge in [0, 0.05) is 19.3 Å². The quantitative estimate of drug-likeness (QED) is 0.896. The van der Waals surface area contributed by atoms with Gasteiger partial charge in [-0.05, 0) is 40.9 Å². The molecule has 0 aliphatic carbocycles. The molecule has 2 rings (SSSR count). The van der Waals surface area contributed by atoms with E-state index < -0.39 is 0 Å². The second kappa shape index (κ2) is 4.82. The maximum absolute atomic E-state index is 11.2. The highest BCUT2D eigenvalue weighted by Gasteiger charge is 2.25. The fourth-order valence-corrected chi connectivity index (χ4v) is 2.52. The number of piperidine rings is 1. The molecule has 1 aromatic heterocycles. The third-order valence-electron chi connectivity index (χ3n) is 2.86. The van der Waals surface area contributed by atoms with E-state index in [0.717, 1.165) is 29.7 Å². The lowest BCUT2D eigenvalue weighted by Crippen LogP contribution is -2.41. The fourth-order valence-electron chi connectivity index (χ4n) is 2.01. The molecule has 86 valence electrons. The van der Waals surface area contributed by atoms with Crippen molar-refractivity contribution < 1.29 is 4.79 Å². The van der Waals surface area contributed by atoms with Crippen LogP contribution in [0.15, 0.2) is 22.8 Å². The molecule has 1 amide bonds. The summed E-state index contributed by atoms with van der Waals surface area (Å²) < 4.78 is 0.958. The highest BCUT2D eigenvalue weighted by molar-refractivity contribution is 9.10. The zero-order valence-electron chi connectivity index (χ0n) is 8.90. The first-order valence-electron chi connectivity index (χ1n) is 5.33. The molecule has 0 radical (unpaired) electrons. The first-order chi connectivity index (χ1) is 7.68. The maximum Gasteiger partial charge on any atom is 0.222 e. The number of hydrogen-bond acceptors (Lipinski definition) is 3. The van der Waals surface area contributed by atoms with Gasteiger partial charge in [-0.25, -0.2) is 4.98 Å². The van der Waals surface area contributed by atoms with Crippen molar-refractivity contribution >= 4 is 27.7 Å². The molecule has 1 saturated heterocycles. The van der Waals surface area contributed by atoms with Gasteiger partial charge in [0.1, 0.15) is 5.82 Å². The summed E-state index contributed by atoms with van der Waals surface area (Å²) in [6, 6.07) is 3.83. The Morgan fingerprint density at radius 1 is 1.62 bits per heavy atom. The molecule has 2 heterocycles. The molecular formula is C11H14BrN3O. The van der Waals surface area contributed by atoms with Crippen molar-refractivity contribution in [3.05, 3.63) is 22.8 Å². The Hall–Kier alpha value is -1.10. The van der Waals surface area contributed by atoms with Gasteiger partial charge in [-0.2, -0.15) is 0 Å². The number of anilines is 1. The Labute approximate surface area is 103 Å². The number of carbonyl (C=O) groups excluding carboxylic acids is 1. The molecule has 1 aromatic rings. The monoisotopic (exact) mass is 283 g/mol. The summed E-state index contributed by atoms with van der Waals surface area (Å²) in [4.78, 5) is 17.6. The van der Waals surface area contributed by atoms with Crippen LogP contribution in [0.5, 0.6) is 0 Å². The lowest BCUT2D eigenvalue weighted by atomic mass is 9.97. The molecule has 2 N–H and O–H groups in total. The Balaban J connectivity index is 2.16. The van der Waals surface area contributed by atoms with Crippen LogP contribution in [0.25, 0.3) is 0 Å². The van der Waals surface area contributed by atoms with E-state index in [4.69, 9.17) is 5.73 Å². The summed E-state index contributed by atoms with van der Waals surface area (Å²) in [5.41, 5.74) is 5.35. The molecule has 5 heteroatoms. The van der Waals surface area contributed by atoms with Gasteiger partial charge in [-0.15, -0.1) is 0 Å². The Kier molecular flexibility index (Phi) is 3.43. The van der Waals surface area contributed by atoms with Gasteiger partial charge in [0.2, 0.25) is 5.91 Å². The number of amides is 1. The number of hydrogen-bond donors (Lipinski definition) is 1. The Morgan fingerprint density at radius 3 is 3.12 bits per heavy atom. The first-order valence-corrected chi connectivity index (χ1v) is 6.12. The minimum atomic E-state index is -0.211. The third kappa shape index (κ3) is 2.35. The fraction of sp³-hybridized carbons (Fsp3) is 0.455. The molecule has 1 unspecified atom stereocenters. The van der Waals surface area contributed by atoms with Crippen LogP contribution < -0.4 is 10.6 Å². The van der Waals surface area contributed by atoms with E-state index in [0.29, 0.717) is 6.54 Å². The van der Waals surface area contributed by atoms with Crippen LogP contribution in [0.3, 0.4) is 0 Å². The topological polar surface area (TPSA) is 59.2 Å². The standard InChI is InChI=1S/C11H14BrN3O/c12-9-4-1-5-14-11(9)15-6-2-3-8(7-15)10(13)16/h1,4-5,8H,2-3,6-7H2,(H2,13,16). The highest BCUT2D eigenvalue weighted by atomic mass is 79.9. The summed E-state index contributed by atoms with van der Waals surface area (Å²) in [6.07, 6.45) is 3.63. The Morgan fingerprint density at radius 2 is 2.44 bits per heavy atom. The van der Waals surface area contributed by atoms with Gasteiger partial charge in [-0.3, -0.25) is 4.79 Å². The third-order valence-corrected chi connectivity index (χ3v) is 3.48. The molecule has 4 nitrogen and oxygen atoms in total. The highest BCUT2D eigenvalue weighted by Crippen LogP contribution is 2.27. The summed E-state index contributed by atoms with van der Waals surface area (Å²) in [5, 5.41) is 0. The van der Waals surface area contributed by atoms with Gasteiger partial charge in [0.15, 0.2) is 0 Å². The first kappa shape index (κ1) is 11.4. The van der Waals surface area contributed by atoms with Crippen molar-refractivity contribution in [2.75, 3.05) is 18.0 Å². The number of pyridine rings is 1. The lowest BCUT2D eigenvalue weighted by Gasteiger charge is -2.32. The number of rotatable bonds is 2. The van der Waals surface area contributed by atoms with Crippen LogP contribution >= 0.6 is 15.9 Å². The van der Waals surface area contributed by atoms with Gasteiger partial charge < -0.3 is 10.6 Å². The molecule has 1 aliphatic rings. The molecule has 1 aliphatic heterocycles. The van der Waals surface area contributed by atoms with Gasteiger partial charge >= 0.3 is 0 Å². The van der Waals surface area contributed by atoms with Crippen molar-refractivity contribution in [2.45, 2.75) is 12.8 Å². The minimum Gasteiger partial charge on any atom is -0.369 e. The molecule has 0 saturated carbocycles. The Bertz CT molecular complexity index is 397. The molecule has 0 spiro atoms. The minimum absolute atomic E-state index is 0.0531. The van der Waals surface area contributed by atoms with Gasteiger partial charge in [0.25, 0.3) is 0 Å². The summed E-state index contributed by atoms with van der Waals surface area (Å²) in [6.45, 7) is 1.60. The van der Waals surface area contributed by atoms with Crippen molar-refractivity contribution in [1.82, 2.24) is 4.98 Å². The van der Waals surface area contributed by atoms with E-state index in [1.165, 1.54) is 0 Å².